The minimum atomic E-state index is -0.373. The molecule has 0 atom stereocenters. The van der Waals surface area contributed by atoms with Crippen molar-refractivity contribution in [3.63, 3.8) is 0 Å². The van der Waals surface area contributed by atoms with Crippen LogP contribution in [0.3, 0.4) is 0 Å². The summed E-state index contributed by atoms with van der Waals surface area (Å²) in [4.78, 5) is 13.6. The maximum Gasteiger partial charge on any atom is 0.410 e. The molecule has 4 heteroatoms. The van der Waals surface area contributed by atoms with Gasteiger partial charge in [0, 0.05) is 18.5 Å². The highest BCUT2D eigenvalue weighted by Crippen LogP contribution is 2.42. The fourth-order valence-corrected chi connectivity index (χ4v) is 3.70. The van der Waals surface area contributed by atoms with Crippen LogP contribution in [0.15, 0.2) is 0 Å². The van der Waals surface area contributed by atoms with Crippen LogP contribution in [0, 0.1) is 5.41 Å². The van der Waals surface area contributed by atoms with Gasteiger partial charge in [-0.05, 0) is 45.1 Å². The Hall–Kier alpha value is -0.380. The van der Waals surface area contributed by atoms with Gasteiger partial charge in [-0.25, -0.2) is 4.79 Å². The van der Waals surface area contributed by atoms with Crippen LogP contribution in [0.25, 0.3) is 0 Å². The molecule has 2 saturated heterocycles. The highest BCUT2D eigenvalue weighted by molar-refractivity contribution is 7.99. The van der Waals surface area contributed by atoms with Crippen molar-refractivity contribution in [1.29, 1.82) is 0 Å². The first-order valence-corrected chi connectivity index (χ1v) is 7.11. The average Bonchev–Trinajstić information content (AvgIpc) is 2.12. The molecule has 0 unspecified atom stereocenters. The molecule has 0 aromatic carbocycles. The lowest BCUT2D eigenvalue weighted by molar-refractivity contribution is -0.0374. The number of carbonyl (C=O) groups is 1. The third-order valence-electron chi connectivity index (χ3n) is 3.26. The average molecular weight is 243 g/mol. The van der Waals surface area contributed by atoms with Crippen LogP contribution in [0.1, 0.15) is 33.6 Å². The molecule has 0 aliphatic carbocycles. The van der Waals surface area contributed by atoms with E-state index in [1.165, 1.54) is 24.3 Å². The van der Waals surface area contributed by atoms with E-state index in [0.717, 1.165) is 13.1 Å². The summed E-state index contributed by atoms with van der Waals surface area (Å²) < 4.78 is 5.36. The van der Waals surface area contributed by atoms with Crippen molar-refractivity contribution in [2.24, 2.45) is 5.41 Å². The Bertz CT molecular complexity index is 271. The largest absolute Gasteiger partial charge is 0.444 e. The van der Waals surface area contributed by atoms with Gasteiger partial charge in [0.15, 0.2) is 0 Å². The van der Waals surface area contributed by atoms with Crippen LogP contribution < -0.4 is 0 Å². The van der Waals surface area contributed by atoms with Crippen molar-refractivity contribution < 1.29 is 9.53 Å². The van der Waals surface area contributed by atoms with Crippen molar-refractivity contribution in [2.45, 2.75) is 39.2 Å². The molecule has 2 rings (SSSR count). The first-order valence-electron chi connectivity index (χ1n) is 5.96. The summed E-state index contributed by atoms with van der Waals surface area (Å²) in [5.74, 6) is 2.50. The zero-order valence-electron chi connectivity index (χ0n) is 10.4. The van der Waals surface area contributed by atoms with E-state index in [0.29, 0.717) is 5.41 Å². The number of thioether (sulfide) groups is 1. The molecule has 92 valence electrons. The summed E-state index contributed by atoms with van der Waals surface area (Å²) in [7, 11) is 0. The Balaban J connectivity index is 1.81. The second-order valence-electron chi connectivity index (χ2n) is 5.95. The zero-order valence-corrected chi connectivity index (χ0v) is 11.2. The van der Waals surface area contributed by atoms with Crippen LogP contribution in [0.2, 0.25) is 0 Å². The number of nitrogens with zero attached hydrogens (tertiary/aromatic N) is 1. The van der Waals surface area contributed by atoms with Crippen LogP contribution in [-0.4, -0.2) is 41.2 Å². The number of carbonyl (C=O) groups excluding carboxylic acids is 1. The van der Waals surface area contributed by atoms with E-state index in [2.05, 4.69) is 0 Å². The summed E-state index contributed by atoms with van der Waals surface area (Å²) >= 11 is 2.03. The molecule has 0 saturated carbocycles. The predicted molar refractivity (Wildman–Crippen MR) is 66.8 cm³/mol. The van der Waals surface area contributed by atoms with Gasteiger partial charge in [-0.3, -0.25) is 0 Å². The molecule has 3 nitrogen and oxygen atoms in total. The second kappa shape index (κ2) is 4.13. The first kappa shape index (κ1) is 12.1. The quantitative estimate of drug-likeness (QED) is 0.655. The predicted octanol–water partition coefficient (Wildman–Crippen LogP) is 2.75. The maximum atomic E-state index is 11.8. The first-order chi connectivity index (χ1) is 7.40. The monoisotopic (exact) mass is 243 g/mol. The molecule has 2 aliphatic heterocycles. The Labute approximate surface area is 102 Å². The van der Waals surface area contributed by atoms with E-state index in [-0.39, 0.29) is 11.7 Å². The molecule has 2 fully saturated rings. The summed E-state index contributed by atoms with van der Waals surface area (Å²) in [5, 5.41) is 0. The fourth-order valence-electron chi connectivity index (χ4n) is 2.34. The standard InChI is InChI=1S/C12H21NO2S/c1-11(2,3)15-10(14)13-8-12(9-13)4-6-16-7-5-12/h4-9H2,1-3H3. The summed E-state index contributed by atoms with van der Waals surface area (Å²) in [6.07, 6.45) is 2.38. The third kappa shape index (κ3) is 2.65. The van der Waals surface area contributed by atoms with Gasteiger partial charge in [-0.1, -0.05) is 0 Å². The fraction of sp³-hybridized carbons (Fsp3) is 0.917. The molecular weight excluding hydrogens is 222 g/mol. The molecule has 0 radical (unpaired) electrons. The molecule has 0 aromatic rings. The lowest BCUT2D eigenvalue weighted by Gasteiger charge is -2.51. The normalized spacial score (nSPS) is 24.1. The van der Waals surface area contributed by atoms with E-state index in [1.807, 2.05) is 37.4 Å². The van der Waals surface area contributed by atoms with Crippen molar-refractivity contribution in [3.8, 4) is 0 Å². The molecule has 2 heterocycles. The van der Waals surface area contributed by atoms with Crippen LogP contribution in [-0.2, 0) is 4.74 Å². The van der Waals surface area contributed by atoms with Crippen LogP contribution in [0.4, 0.5) is 4.79 Å². The topological polar surface area (TPSA) is 29.5 Å². The molecule has 1 amide bonds. The second-order valence-corrected chi connectivity index (χ2v) is 7.17. The van der Waals surface area contributed by atoms with E-state index < -0.39 is 0 Å². The van der Waals surface area contributed by atoms with Crippen molar-refractivity contribution in [3.05, 3.63) is 0 Å². The smallest absolute Gasteiger partial charge is 0.410 e. The summed E-state index contributed by atoms with van der Waals surface area (Å²) in [5.41, 5.74) is 0.0599. The summed E-state index contributed by atoms with van der Waals surface area (Å²) in [6.45, 7) is 7.55. The minimum absolute atomic E-state index is 0.142. The van der Waals surface area contributed by atoms with Crippen molar-refractivity contribution in [1.82, 2.24) is 4.90 Å². The maximum absolute atomic E-state index is 11.8. The number of ether oxygens (including phenoxy) is 1. The zero-order chi connectivity index (χ0) is 11.8. The van der Waals surface area contributed by atoms with E-state index >= 15 is 0 Å². The molecule has 0 aromatic heterocycles. The number of hydrogen-bond donors (Lipinski definition) is 0. The van der Waals surface area contributed by atoms with Gasteiger partial charge < -0.3 is 9.64 Å². The molecule has 0 bridgehead atoms. The minimum Gasteiger partial charge on any atom is -0.444 e. The molecule has 0 N–H and O–H groups in total. The van der Waals surface area contributed by atoms with Gasteiger partial charge in [0.2, 0.25) is 0 Å². The van der Waals surface area contributed by atoms with Gasteiger partial charge in [-0.15, -0.1) is 0 Å². The number of likely N-dealkylation sites (tertiary alicyclic amines) is 1. The van der Waals surface area contributed by atoms with E-state index in [4.69, 9.17) is 4.74 Å². The lowest BCUT2D eigenvalue weighted by atomic mass is 9.75. The summed E-state index contributed by atoms with van der Waals surface area (Å²) in [6, 6.07) is 0. The highest BCUT2D eigenvalue weighted by Gasteiger charge is 2.46. The Kier molecular flexibility index (Phi) is 3.12. The van der Waals surface area contributed by atoms with E-state index in [1.54, 1.807) is 0 Å². The molecular formula is C12H21NO2S. The van der Waals surface area contributed by atoms with E-state index in [9.17, 15) is 4.79 Å². The van der Waals surface area contributed by atoms with Crippen LogP contribution in [0.5, 0.6) is 0 Å². The third-order valence-corrected chi connectivity index (χ3v) is 4.24. The lowest BCUT2D eigenvalue weighted by Crippen LogP contribution is -2.60. The van der Waals surface area contributed by atoms with Gasteiger partial charge >= 0.3 is 6.09 Å². The molecule has 16 heavy (non-hydrogen) atoms. The Morgan fingerprint density at radius 3 is 2.31 bits per heavy atom. The number of rotatable bonds is 0. The SMILES string of the molecule is CC(C)(C)OC(=O)N1CC2(CCSCC2)C1. The number of amides is 1. The molecule has 1 spiro atoms. The van der Waals surface area contributed by atoms with Crippen molar-refractivity contribution in [2.75, 3.05) is 24.6 Å². The highest BCUT2D eigenvalue weighted by atomic mass is 32.2. The number of hydrogen-bond acceptors (Lipinski definition) is 3. The van der Waals surface area contributed by atoms with Crippen molar-refractivity contribution >= 4 is 17.9 Å². The van der Waals surface area contributed by atoms with Crippen LogP contribution >= 0.6 is 11.8 Å². The van der Waals surface area contributed by atoms with Gasteiger partial charge in [0.1, 0.15) is 5.60 Å². The molecule has 2 aliphatic rings. The Morgan fingerprint density at radius 2 is 1.81 bits per heavy atom. The van der Waals surface area contributed by atoms with Gasteiger partial charge in [0.25, 0.3) is 0 Å². The van der Waals surface area contributed by atoms with Gasteiger partial charge in [0.05, 0.1) is 0 Å². The van der Waals surface area contributed by atoms with Gasteiger partial charge in [-0.2, -0.15) is 11.8 Å². The Morgan fingerprint density at radius 1 is 1.25 bits per heavy atom.